The van der Waals surface area contributed by atoms with Gasteiger partial charge in [-0.05, 0) is 13.1 Å². The first kappa shape index (κ1) is 19.8. The van der Waals surface area contributed by atoms with Crippen LogP contribution in [0.1, 0.15) is 5.56 Å². The molecular weight excluding hydrogens is 368 g/mol. The molecule has 3 rings (SSSR count). The SMILES string of the molecule is CN1CCN(c2ncccc2CNC(=O)N2CCN(S(C)(=O)=O)CC2)CC1. The normalized spacial score (nSPS) is 19.9. The molecule has 1 N–H and O–H groups in total. The Balaban J connectivity index is 1.55. The summed E-state index contributed by atoms with van der Waals surface area (Å²) in [6.07, 6.45) is 2.98. The van der Waals surface area contributed by atoms with E-state index in [2.05, 4.69) is 27.1 Å². The number of amides is 2. The summed E-state index contributed by atoms with van der Waals surface area (Å²) in [6.45, 7) is 5.70. The highest BCUT2D eigenvalue weighted by Crippen LogP contribution is 2.18. The maximum absolute atomic E-state index is 12.5. The first-order valence-corrected chi connectivity index (χ1v) is 11.0. The van der Waals surface area contributed by atoms with Crippen LogP contribution in [0.3, 0.4) is 0 Å². The lowest BCUT2D eigenvalue weighted by Crippen LogP contribution is -2.52. The highest BCUT2D eigenvalue weighted by atomic mass is 32.2. The Kier molecular flexibility index (Phi) is 6.18. The van der Waals surface area contributed by atoms with Crippen LogP contribution in [0.4, 0.5) is 10.6 Å². The molecule has 2 aliphatic heterocycles. The van der Waals surface area contributed by atoms with Gasteiger partial charge in [-0.2, -0.15) is 4.31 Å². The Bertz CT molecular complexity index is 756. The summed E-state index contributed by atoms with van der Waals surface area (Å²) in [5.41, 5.74) is 0.991. The van der Waals surface area contributed by atoms with Crippen LogP contribution in [-0.4, -0.2) is 99.2 Å². The molecule has 0 atom stereocenters. The van der Waals surface area contributed by atoms with Crippen molar-refractivity contribution >= 4 is 21.9 Å². The number of aromatic nitrogens is 1. The molecule has 2 amide bonds. The van der Waals surface area contributed by atoms with Crippen molar-refractivity contribution in [3.05, 3.63) is 23.9 Å². The molecule has 3 heterocycles. The number of hydrogen-bond acceptors (Lipinski definition) is 6. The average Bonchev–Trinajstić information content (AvgIpc) is 2.66. The summed E-state index contributed by atoms with van der Waals surface area (Å²) in [5.74, 6) is 0.924. The van der Waals surface area contributed by atoms with Crippen molar-refractivity contribution in [2.45, 2.75) is 6.54 Å². The molecule has 27 heavy (non-hydrogen) atoms. The van der Waals surface area contributed by atoms with Crippen LogP contribution in [0.25, 0.3) is 0 Å². The molecule has 2 saturated heterocycles. The molecule has 2 aliphatic rings. The largest absolute Gasteiger partial charge is 0.354 e. The predicted octanol–water partition coefficient (Wildman–Crippen LogP) is -0.380. The van der Waals surface area contributed by atoms with Crippen molar-refractivity contribution in [1.29, 1.82) is 0 Å². The van der Waals surface area contributed by atoms with Crippen LogP contribution < -0.4 is 10.2 Å². The second-order valence-corrected chi connectivity index (χ2v) is 9.07. The van der Waals surface area contributed by atoms with E-state index in [1.54, 1.807) is 11.1 Å². The first-order chi connectivity index (χ1) is 12.8. The number of carbonyl (C=O) groups excluding carboxylic acids is 1. The molecule has 0 bridgehead atoms. The van der Waals surface area contributed by atoms with Gasteiger partial charge in [0.2, 0.25) is 10.0 Å². The Hall–Kier alpha value is -1.91. The lowest BCUT2D eigenvalue weighted by Gasteiger charge is -2.35. The second kappa shape index (κ2) is 8.41. The van der Waals surface area contributed by atoms with Gasteiger partial charge in [-0.25, -0.2) is 18.2 Å². The van der Waals surface area contributed by atoms with E-state index in [1.165, 1.54) is 10.6 Å². The van der Waals surface area contributed by atoms with E-state index in [0.717, 1.165) is 37.6 Å². The van der Waals surface area contributed by atoms with Crippen LogP contribution >= 0.6 is 0 Å². The molecule has 9 nitrogen and oxygen atoms in total. The zero-order valence-corrected chi connectivity index (χ0v) is 16.8. The van der Waals surface area contributed by atoms with Gasteiger partial charge in [-0.3, -0.25) is 0 Å². The van der Waals surface area contributed by atoms with Crippen LogP contribution in [0.5, 0.6) is 0 Å². The van der Waals surface area contributed by atoms with Gasteiger partial charge in [0.25, 0.3) is 0 Å². The Morgan fingerprint density at radius 2 is 1.78 bits per heavy atom. The number of anilines is 1. The quantitative estimate of drug-likeness (QED) is 0.746. The molecule has 0 aliphatic carbocycles. The van der Waals surface area contributed by atoms with Gasteiger partial charge < -0.3 is 20.0 Å². The topological polar surface area (TPSA) is 89.1 Å². The fourth-order valence-electron chi connectivity index (χ4n) is 3.38. The lowest BCUT2D eigenvalue weighted by molar-refractivity contribution is 0.172. The van der Waals surface area contributed by atoms with E-state index in [9.17, 15) is 13.2 Å². The molecule has 0 spiro atoms. The Morgan fingerprint density at radius 3 is 2.41 bits per heavy atom. The monoisotopic (exact) mass is 396 g/mol. The number of nitrogens with one attached hydrogen (secondary N) is 1. The molecule has 1 aromatic heterocycles. The fraction of sp³-hybridized carbons (Fsp3) is 0.647. The van der Waals surface area contributed by atoms with E-state index >= 15 is 0 Å². The molecular formula is C17H28N6O3S. The molecule has 2 fully saturated rings. The van der Waals surface area contributed by atoms with E-state index in [0.29, 0.717) is 32.7 Å². The molecule has 1 aromatic rings. The summed E-state index contributed by atoms with van der Waals surface area (Å²) in [4.78, 5) is 23.2. The number of pyridine rings is 1. The van der Waals surface area contributed by atoms with Crippen molar-refractivity contribution in [1.82, 2.24) is 24.4 Å². The molecule has 10 heteroatoms. The van der Waals surface area contributed by atoms with Crippen LogP contribution in [0, 0.1) is 0 Å². The van der Waals surface area contributed by atoms with Crippen LogP contribution in [0.2, 0.25) is 0 Å². The summed E-state index contributed by atoms with van der Waals surface area (Å²) in [6, 6.07) is 3.70. The minimum Gasteiger partial charge on any atom is -0.354 e. The number of rotatable bonds is 4. The number of sulfonamides is 1. The molecule has 0 aromatic carbocycles. The number of piperazine rings is 2. The standard InChI is InChI=1S/C17H28N6O3S/c1-20-6-8-21(9-7-20)16-15(4-3-5-18-16)14-19-17(24)22-10-12-23(13-11-22)27(2,25)26/h3-5H,6-14H2,1-2H3,(H,19,24). The smallest absolute Gasteiger partial charge is 0.317 e. The third-order valence-electron chi connectivity index (χ3n) is 5.10. The molecule has 0 radical (unpaired) electrons. The van der Waals surface area contributed by atoms with Crippen LogP contribution in [0.15, 0.2) is 18.3 Å². The molecule has 0 saturated carbocycles. The maximum atomic E-state index is 12.5. The minimum atomic E-state index is -3.19. The summed E-state index contributed by atoms with van der Waals surface area (Å²) < 4.78 is 24.6. The van der Waals surface area contributed by atoms with Crippen molar-refractivity contribution < 1.29 is 13.2 Å². The number of nitrogens with zero attached hydrogens (tertiary/aromatic N) is 5. The number of hydrogen-bond donors (Lipinski definition) is 1. The van der Waals surface area contributed by atoms with Gasteiger partial charge in [-0.15, -0.1) is 0 Å². The van der Waals surface area contributed by atoms with Gasteiger partial charge >= 0.3 is 6.03 Å². The second-order valence-electron chi connectivity index (χ2n) is 7.08. The third-order valence-corrected chi connectivity index (χ3v) is 6.40. The van der Waals surface area contributed by atoms with E-state index in [1.807, 2.05) is 12.1 Å². The third kappa shape index (κ3) is 5.08. The molecule has 150 valence electrons. The highest BCUT2D eigenvalue weighted by molar-refractivity contribution is 7.88. The first-order valence-electron chi connectivity index (χ1n) is 9.20. The lowest BCUT2D eigenvalue weighted by atomic mass is 10.2. The van der Waals surface area contributed by atoms with Gasteiger partial charge in [0.05, 0.1) is 6.26 Å². The van der Waals surface area contributed by atoms with Gasteiger partial charge in [-0.1, -0.05) is 6.07 Å². The minimum absolute atomic E-state index is 0.170. The summed E-state index contributed by atoms with van der Waals surface area (Å²) in [7, 11) is -1.08. The van der Waals surface area contributed by atoms with E-state index in [4.69, 9.17) is 0 Å². The van der Waals surface area contributed by atoms with Crippen molar-refractivity contribution in [2.75, 3.05) is 70.6 Å². The van der Waals surface area contributed by atoms with Gasteiger partial charge in [0, 0.05) is 70.7 Å². The number of carbonyl (C=O) groups is 1. The Morgan fingerprint density at radius 1 is 1.11 bits per heavy atom. The van der Waals surface area contributed by atoms with Crippen molar-refractivity contribution in [3.63, 3.8) is 0 Å². The highest BCUT2D eigenvalue weighted by Gasteiger charge is 2.26. The number of urea groups is 1. The van der Waals surface area contributed by atoms with E-state index < -0.39 is 10.0 Å². The van der Waals surface area contributed by atoms with Crippen molar-refractivity contribution in [3.8, 4) is 0 Å². The Labute approximate surface area is 161 Å². The van der Waals surface area contributed by atoms with Gasteiger partial charge in [0.1, 0.15) is 5.82 Å². The zero-order valence-electron chi connectivity index (χ0n) is 16.0. The predicted molar refractivity (Wildman–Crippen MR) is 104 cm³/mol. The zero-order chi connectivity index (χ0) is 19.4. The van der Waals surface area contributed by atoms with Gasteiger partial charge in [0.15, 0.2) is 0 Å². The van der Waals surface area contributed by atoms with Crippen LogP contribution in [-0.2, 0) is 16.6 Å². The fourth-order valence-corrected chi connectivity index (χ4v) is 4.20. The average molecular weight is 397 g/mol. The van der Waals surface area contributed by atoms with E-state index in [-0.39, 0.29) is 6.03 Å². The summed E-state index contributed by atoms with van der Waals surface area (Å²) in [5, 5.41) is 2.95. The number of likely N-dealkylation sites (N-methyl/N-ethyl adjacent to an activating group) is 1. The summed E-state index contributed by atoms with van der Waals surface area (Å²) >= 11 is 0. The molecule has 0 unspecified atom stereocenters. The van der Waals surface area contributed by atoms with Crippen molar-refractivity contribution in [2.24, 2.45) is 0 Å². The maximum Gasteiger partial charge on any atom is 0.317 e.